The zero-order valence-corrected chi connectivity index (χ0v) is 12.0. The Balaban J connectivity index is 2.21. The van der Waals surface area contributed by atoms with Gasteiger partial charge in [0.25, 0.3) is 5.91 Å². The van der Waals surface area contributed by atoms with Gasteiger partial charge in [0.1, 0.15) is 11.5 Å². The van der Waals surface area contributed by atoms with Crippen LogP contribution < -0.4 is 5.32 Å². The molecular weight excluding hydrogens is 318 g/mol. The summed E-state index contributed by atoms with van der Waals surface area (Å²) in [5.74, 6) is 0.227. The summed E-state index contributed by atoms with van der Waals surface area (Å²) in [6.07, 6.45) is 3.41. The van der Waals surface area contributed by atoms with Crippen LogP contribution in [0.2, 0.25) is 5.02 Å². The standard InChI is InChI=1S/C12H11BrClN3O/c1-2-17-7-8(13)5-10(17)12(18)16-11-6-9(14)3-4-15-11/h3-7H,2H2,1H3,(H,15,16,18). The molecule has 0 fully saturated rings. The largest absolute Gasteiger partial charge is 0.343 e. The van der Waals surface area contributed by atoms with E-state index in [-0.39, 0.29) is 5.91 Å². The van der Waals surface area contributed by atoms with Crippen molar-refractivity contribution >= 4 is 39.3 Å². The van der Waals surface area contributed by atoms with Crippen molar-refractivity contribution in [2.45, 2.75) is 13.5 Å². The van der Waals surface area contributed by atoms with Gasteiger partial charge < -0.3 is 9.88 Å². The lowest BCUT2D eigenvalue weighted by Gasteiger charge is -2.07. The Morgan fingerprint density at radius 1 is 1.56 bits per heavy atom. The van der Waals surface area contributed by atoms with Crippen molar-refractivity contribution in [2.75, 3.05) is 5.32 Å². The maximum Gasteiger partial charge on any atom is 0.273 e. The monoisotopic (exact) mass is 327 g/mol. The molecule has 0 atom stereocenters. The molecule has 94 valence electrons. The molecule has 1 N–H and O–H groups in total. The van der Waals surface area contributed by atoms with E-state index in [4.69, 9.17) is 11.6 Å². The highest BCUT2D eigenvalue weighted by molar-refractivity contribution is 9.10. The van der Waals surface area contributed by atoms with Gasteiger partial charge in [-0.3, -0.25) is 4.79 Å². The number of rotatable bonds is 3. The Labute approximate surface area is 118 Å². The molecule has 0 bridgehead atoms. The van der Waals surface area contributed by atoms with Gasteiger partial charge in [0.15, 0.2) is 0 Å². The molecular formula is C12H11BrClN3O. The SMILES string of the molecule is CCn1cc(Br)cc1C(=O)Nc1cc(Cl)ccn1. The molecule has 2 aromatic rings. The zero-order valence-electron chi connectivity index (χ0n) is 9.65. The Bertz CT molecular complexity index is 582. The predicted octanol–water partition coefficient (Wildman–Crippen LogP) is 3.57. The van der Waals surface area contributed by atoms with Crippen LogP contribution in [0.25, 0.3) is 0 Å². The average molecular weight is 329 g/mol. The van der Waals surface area contributed by atoms with Crippen molar-refractivity contribution < 1.29 is 4.79 Å². The number of hydrogen-bond donors (Lipinski definition) is 1. The van der Waals surface area contributed by atoms with E-state index < -0.39 is 0 Å². The number of halogens is 2. The lowest BCUT2D eigenvalue weighted by atomic mass is 10.4. The van der Waals surface area contributed by atoms with Gasteiger partial charge in [0, 0.05) is 28.4 Å². The molecule has 0 saturated heterocycles. The summed E-state index contributed by atoms with van der Waals surface area (Å²) in [6, 6.07) is 5.03. The fraction of sp³-hybridized carbons (Fsp3) is 0.167. The molecule has 0 radical (unpaired) electrons. The summed E-state index contributed by atoms with van der Waals surface area (Å²) in [7, 11) is 0. The number of aryl methyl sites for hydroxylation is 1. The van der Waals surface area contributed by atoms with Crippen LogP contribution in [0.3, 0.4) is 0 Å². The number of carbonyl (C=O) groups excluding carboxylic acids is 1. The van der Waals surface area contributed by atoms with E-state index in [1.165, 1.54) is 0 Å². The van der Waals surface area contributed by atoms with Crippen LogP contribution >= 0.6 is 27.5 Å². The number of hydrogen-bond acceptors (Lipinski definition) is 2. The zero-order chi connectivity index (χ0) is 13.1. The average Bonchev–Trinajstić information content (AvgIpc) is 2.70. The van der Waals surface area contributed by atoms with Gasteiger partial charge in [-0.2, -0.15) is 0 Å². The molecule has 0 aromatic carbocycles. The van der Waals surface area contributed by atoms with E-state index in [1.54, 1.807) is 24.4 Å². The summed E-state index contributed by atoms with van der Waals surface area (Å²) in [4.78, 5) is 16.1. The van der Waals surface area contributed by atoms with Gasteiger partial charge in [-0.1, -0.05) is 11.6 Å². The van der Waals surface area contributed by atoms with E-state index in [9.17, 15) is 4.79 Å². The predicted molar refractivity (Wildman–Crippen MR) is 75.0 cm³/mol. The smallest absolute Gasteiger partial charge is 0.273 e. The lowest BCUT2D eigenvalue weighted by Crippen LogP contribution is -2.17. The van der Waals surface area contributed by atoms with Crippen LogP contribution in [0.15, 0.2) is 35.1 Å². The number of nitrogens with one attached hydrogen (secondary N) is 1. The molecule has 2 rings (SSSR count). The van der Waals surface area contributed by atoms with E-state index in [1.807, 2.05) is 17.7 Å². The molecule has 4 nitrogen and oxygen atoms in total. The summed E-state index contributed by atoms with van der Waals surface area (Å²) < 4.78 is 2.72. The first-order valence-corrected chi connectivity index (χ1v) is 6.56. The van der Waals surface area contributed by atoms with Crippen LogP contribution in [0.5, 0.6) is 0 Å². The van der Waals surface area contributed by atoms with E-state index in [0.29, 0.717) is 16.5 Å². The number of aromatic nitrogens is 2. The highest BCUT2D eigenvalue weighted by atomic mass is 79.9. The number of anilines is 1. The van der Waals surface area contributed by atoms with Gasteiger partial charge in [-0.15, -0.1) is 0 Å². The van der Waals surface area contributed by atoms with Crippen LogP contribution in [-0.4, -0.2) is 15.5 Å². The van der Waals surface area contributed by atoms with Crippen molar-refractivity contribution in [2.24, 2.45) is 0 Å². The molecule has 2 aromatic heterocycles. The van der Waals surface area contributed by atoms with E-state index in [2.05, 4.69) is 26.2 Å². The first-order valence-electron chi connectivity index (χ1n) is 5.38. The quantitative estimate of drug-likeness (QED) is 0.936. The van der Waals surface area contributed by atoms with Crippen molar-refractivity contribution in [3.05, 3.63) is 45.8 Å². The van der Waals surface area contributed by atoms with Crippen LogP contribution in [0, 0.1) is 0 Å². The fourth-order valence-corrected chi connectivity index (χ4v) is 2.20. The number of carbonyl (C=O) groups is 1. The highest BCUT2D eigenvalue weighted by Crippen LogP contribution is 2.17. The fourth-order valence-electron chi connectivity index (χ4n) is 1.58. The van der Waals surface area contributed by atoms with Gasteiger partial charge in [0.2, 0.25) is 0 Å². The molecule has 0 spiro atoms. The molecule has 1 amide bonds. The summed E-state index contributed by atoms with van der Waals surface area (Å²) in [5, 5.41) is 3.25. The lowest BCUT2D eigenvalue weighted by molar-refractivity contribution is 0.101. The van der Waals surface area contributed by atoms with Crippen molar-refractivity contribution in [1.29, 1.82) is 0 Å². The Morgan fingerprint density at radius 2 is 2.33 bits per heavy atom. The van der Waals surface area contributed by atoms with E-state index in [0.717, 1.165) is 11.0 Å². The summed E-state index contributed by atoms with van der Waals surface area (Å²) >= 11 is 9.18. The topological polar surface area (TPSA) is 46.9 Å². The van der Waals surface area contributed by atoms with Gasteiger partial charge >= 0.3 is 0 Å². The molecule has 0 aliphatic heterocycles. The second kappa shape index (κ2) is 5.54. The minimum atomic E-state index is -0.211. The Kier molecular flexibility index (Phi) is 4.04. The Hall–Kier alpha value is -1.33. The molecule has 0 aliphatic rings. The van der Waals surface area contributed by atoms with Gasteiger partial charge in [-0.25, -0.2) is 4.98 Å². The molecule has 0 saturated carbocycles. The van der Waals surface area contributed by atoms with Gasteiger partial charge in [0.05, 0.1) is 0 Å². The van der Waals surface area contributed by atoms with Crippen LogP contribution in [0.4, 0.5) is 5.82 Å². The van der Waals surface area contributed by atoms with Crippen molar-refractivity contribution in [3.63, 3.8) is 0 Å². The Morgan fingerprint density at radius 3 is 3.00 bits per heavy atom. The first-order chi connectivity index (χ1) is 8.60. The highest BCUT2D eigenvalue weighted by Gasteiger charge is 2.12. The van der Waals surface area contributed by atoms with Crippen LogP contribution in [0.1, 0.15) is 17.4 Å². The third-order valence-corrected chi connectivity index (χ3v) is 3.07. The van der Waals surface area contributed by atoms with Crippen molar-refractivity contribution in [1.82, 2.24) is 9.55 Å². The minimum absolute atomic E-state index is 0.211. The minimum Gasteiger partial charge on any atom is -0.343 e. The number of amides is 1. The maximum absolute atomic E-state index is 12.1. The van der Waals surface area contributed by atoms with Crippen molar-refractivity contribution in [3.8, 4) is 0 Å². The molecule has 0 aliphatic carbocycles. The number of pyridine rings is 1. The molecule has 6 heteroatoms. The first kappa shape index (κ1) is 13.1. The third kappa shape index (κ3) is 2.91. The normalized spacial score (nSPS) is 10.4. The number of nitrogens with zero attached hydrogens (tertiary/aromatic N) is 2. The summed E-state index contributed by atoms with van der Waals surface area (Å²) in [6.45, 7) is 2.69. The summed E-state index contributed by atoms with van der Waals surface area (Å²) in [5.41, 5.74) is 0.575. The van der Waals surface area contributed by atoms with Gasteiger partial charge in [-0.05, 0) is 41.1 Å². The molecule has 0 unspecified atom stereocenters. The second-order valence-electron chi connectivity index (χ2n) is 3.64. The third-order valence-electron chi connectivity index (χ3n) is 2.40. The molecule has 18 heavy (non-hydrogen) atoms. The van der Waals surface area contributed by atoms with Crippen LogP contribution in [-0.2, 0) is 6.54 Å². The second-order valence-corrected chi connectivity index (χ2v) is 5.00. The van der Waals surface area contributed by atoms with E-state index >= 15 is 0 Å². The maximum atomic E-state index is 12.1. The molecule has 2 heterocycles.